The highest BCUT2D eigenvalue weighted by Gasteiger charge is 2.45. The number of carbonyl (C=O) groups is 2. The van der Waals surface area contributed by atoms with Crippen molar-refractivity contribution in [3.8, 4) is 11.5 Å². The van der Waals surface area contributed by atoms with Crippen LogP contribution in [0, 0.1) is 0 Å². The van der Waals surface area contributed by atoms with Crippen LogP contribution in [0.25, 0.3) is 5.76 Å². The summed E-state index contributed by atoms with van der Waals surface area (Å²) in [6.45, 7) is 4.94. The number of benzene rings is 2. The molecule has 1 unspecified atom stereocenters. The van der Waals surface area contributed by atoms with Gasteiger partial charge >= 0.3 is 0 Å². The molecule has 0 saturated carbocycles. The zero-order valence-corrected chi connectivity index (χ0v) is 19.1. The molecule has 1 saturated heterocycles. The summed E-state index contributed by atoms with van der Waals surface area (Å²) in [5, 5.41) is 20.3. The lowest BCUT2D eigenvalue weighted by Crippen LogP contribution is -2.30. The van der Waals surface area contributed by atoms with Crippen molar-refractivity contribution >= 4 is 17.4 Å². The van der Waals surface area contributed by atoms with Crippen molar-refractivity contribution in [1.29, 1.82) is 0 Å². The number of hydrogen-bond acceptors (Lipinski definition) is 6. The van der Waals surface area contributed by atoms with Gasteiger partial charge in [0.2, 0.25) is 0 Å². The van der Waals surface area contributed by atoms with Gasteiger partial charge in [0.05, 0.1) is 24.8 Å². The van der Waals surface area contributed by atoms with Crippen molar-refractivity contribution < 1.29 is 29.3 Å². The molecule has 1 fully saturated rings. The number of aliphatic hydroxyl groups is 2. The number of nitrogens with zero attached hydrogens (tertiary/aromatic N) is 1. The zero-order valence-electron chi connectivity index (χ0n) is 19.1. The van der Waals surface area contributed by atoms with Gasteiger partial charge < -0.3 is 24.6 Å². The van der Waals surface area contributed by atoms with Crippen LogP contribution in [0.5, 0.6) is 11.5 Å². The molecule has 1 atom stereocenters. The van der Waals surface area contributed by atoms with E-state index in [-0.39, 0.29) is 24.5 Å². The Labute approximate surface area is 194 Å². The Morgan fingerprint density at radius 3 is 2.36 bits per heavy atom. The highest BCUT2D eigenvalue weighted by atomic mass is 16.5. The van der Waals surface area contributed by atoms with Gasteiger partial charge in [-0.1, -0.05) is 44.5 Å². The number of amides is 1. The van der Waals surface area contributed by atoms with Crippen LogP contribution >= 0.6 is 0 Å². The Bertz CT molecular complexity index is 1020. The van der Waals surface area contributed by atoms with Crippen molar-refractivity contribution in [2.75, 3.05) is 26.4 Å². The standard InChI is InChI=1S/C26H31NO6/c1-3-5-12-27-23(18-8-6-10-20(16-18)33-15-13-28)22(25(30)26(27)31)24(29)19-9-7-11-21(17-19)32-14-4-2/h6-11,16-17,23,28-29H,3-5,12-15H2,1-2H3/b24-22-. The molecule has 1 aliphatic rings. The van der Waals surface area contributed by atoms with Crippen molar-refractivity contribution in [2.24, 2.45) is 0 Å². The Morgan fingerprint density at radius 2 is 1.67 bits per heavy atom. The molecule has 0 aliphatic carbocycles. The highest BCUT2D eigenvalue weighted by Crippen LogP contribution is 2.40. The minimum atomic E-state index is -0.741. The first kappa shape index (κ1) is 24.3. The van der Waals surface area contributed by atoms with E-state index in [1.54, 1.807) is 48.5 Å². The average Bonchev–Trinajstić information content (AvgIpc) is 3.09. The highest BCUT2D eigenvalue weighted by molar-refractivity contribution is 6.46. The molecular weight excluding hydrogens is 422 g/mol. The fraction of sp³-hybridized carbons (Fsp3) is 0.385. The van der Waals surface area contributed by atoms with E-state index in [9.17, 15) is 14.7 Å². The topological polar surface area (TPSA) is 96.3 Å². The van der Waals surface area contributed by atoms with Crippen LogP contribution in [0.1, 0.15) is 50.3 Å². The van der Waals surface area contributed by atoms with Gasteiger partial charge in [-0.25, -0.2) is 0 Å². The van der Waals surface area contributed by atoms with E-state index in [1.165, 1.54) is 4.90 Å². The predicted octanol–water partition coefficient (Wildman–Crippen LogP) is 4.07. The number of ether oxygens (including phenoxy) is 2. The number of Topliss-reactive ketones (excluding diaryl/α,β-unsaturated/α-hetero) is 1. The van der Waals surface area contributed by atoms with E-state index in [4.69, 9.17) is 14.6 Å². The van der Waals surface area contributed by atoms with Crippen LogP contribution in [-0.2, 0) is 9.59 Å². The van der Waals surface area contributed by atoms with E-state index in [1.807, 2.05) is 13.8 Å². The minimum Gasteiger partial charge on any atom is -0.507 e. The van der Waals surface area contributed by atoms with Crippen LogP contribution in [0.2, 0.25) is 0 Å². The van der Waals surface area contributed by atoms with Gasteiger partial charge in [0.1, 0.15) is 23.9 Å². The molecule has 176 valence electrons. The second-order valence-corrected chi connectivity index (χ2v) is 7.87. The van der Waals surface area contributed by atoms with E-state index in [0.29, 0.717) is 35.8 Å². The number of rotatable bonds is 11. The van der Waals surface area contributed by atoms with Crippen molar-refractivity contribution in [3.63, 3.8) is 0 Å². The van der Waals surface area contributed by atoms with Crippen molar-refractivity contribution in [3.05, 3.63) is 65.2 Å². The summed E-state index contributed by atoms with van der Waals surface area (Å²) in [4.78, 5) is 27.5. The second kappa shape index (κ2) is 11.5. The van der Waals surface area contributed by atoms with Crippen LogP contribution in [0.4, 0.5) is 0 Å². The number of hydrogen-bond donors (Lipinski definition) is 2. The molecule has 2 N–H and O–H groups in total. The minimum absolute atomic E-state index is 0.0445. The SMILES string of the molecule is CCCCN1C(=O)C(=O)/C(=C(\O)c2cccc(OCCC)c2)C1c1cccc(OCCO)c1. The molecule has 2 aromatic rings. The van der Waals surface area contributed by atoms with Crippen LogP contribution in [0.3, 0.4) is 0 Å². The molecule has 7 heteroatoms. The van der Waals surface area contributed by atoms with Crippen LogP contribution in [-0.4, -0.2) is 53.2 Å². The van der Waals surface area contributed by atoms with E-state index in [0.717, 1.165) is 19.3 Å². The van der Waals surface area contributed by atoms with Gasteiger partial charge in [0.25, 0.3) is 11.7 Å². The van der Waals surface area contributed by atoms with Crippen molar-refractivity contribution in [2.45, 2.75) is 39.2 Å². The lowest BCUT2D eigenvalue weighted by Gasteiger charge is -2.25. The first-order valence-corrected chi connectivity index (χ1v) is 11.4. The third-order valence-electron chi connectivity index (χ3n) is 5.41. The Hall–Kier alpha value is -3.32. The van der Waals surface area contributed by atoms with Gasteiger partial charge in [-0.2, -0.15) is 0 Å². The van der Waals surface area contributed by atoms with E-state index < -0.39 is 17.7 Å². The molecule has 7 nitrogen and oxygen atoms in total. The molecule has 0 bridgehead atoms. The number of likely N-dealkylation sites (tertiary alicyclic amines) is 1. The summed E-state index contributed by atoms with van der Waals surface area (Å²) in [6.07, 6.45) is 2.42. The molecule has 0 radical (unpaired) electrons. The van der Waals surface area contributed by atoms with Crippen LogP contribution < -0.4 is 9.47 Å². The van der Waals surface area contributed by atoms with Crippen molar-refractivity contribution in [1.82, 2.24) is 4.90 Å². The van der Waals surface area contributed by atoms with E-state index >= 15 is 0 Å². The summed E-state index contributed by atoms with van der Waals surface area (Å²) in [7, 11) is 0. The Kier molecular flexibility index (Phi) is 8.49. The lowest BCUT2D eigenvalue weighted by molar-refractivity contribution is -0.139. The number of aliphatic hydroxyl groups excluding tert-OH is 2. The molecular formula is C26H31NO6. The quantitative estimate of drug-likeness (QED) is 0.303. The molecule has 2 aromatic carbocycles. The summed E-state index contributed by atoms with van der Waals surface area (Å²) in [6, 6.07) is 13.2. The van der Waals surface area contributed by atoms with Gasteiger partial charge in [-0.3, -0.25) is 9.59 Å². The maximum absolute atomic E-state index is 13.1. The lowest BCUT2D eigenvalue weighted by atomic mass is 9.95. The molecule has 33 heavy (non-hydrogen) atoms. The molecule has 1 amide bonds. The summed E-state index contributed by atoms with van der Waals surface area (Å²) >= 11 is 0. The fourth-order valence-electron chi connectivity index (χ4n) is 3.83. The number of unbranched alkanes of at least 4 members (excludes halogenated alkanes) is 1. The maximum Gasteiger partial charge on any atom is 0.295 e. The van der Waals surface area contributed by atoms with Gasteiger partial charge in [-0.15, -0.1) is 0 Å². The predicted molar refractivity (Wildman–Crippen MR) is 125 cm³/mol. The Balaban J connectivity index is 2.09. The molecule has 0 aromatic heterocycles. The largest absolute Gasteiger partial charge is 0.507 e. The molecule has 1 aliphatic heterocycles. The van der Waals surface area contributed by atoms with Gasteiger partial charge in [0, 0.05) is 12.1 Å². The Morgan fingerprint density at radius 1 is 0.970 bits per heavy atom. The monoisotopic (exact) mass is 453 g/mol. The summed E-state index contributed by atoms with van der Waals surface area (Å²) < 4.78 is 11.2. The molecule has 0 spiro atoms. The second-order valence-electron chi connectivity index (χ2n) is 7.87. The average molecular weight is 454 g/mol. The number of ketones is 1. The smallest absolute Gasteiger partial charge is 0.295 e. The zero-order chi connectivity index (χ0) is 23.8. The summed E-state index contributed by atoms with van der Waals surface area (Å²) in [5.74, 6) is -0.485. The first-order chi connectivity index (χ1) is 16.0. The van der Waals surface area contributed by atoms with E-state index in [2.05, 4.69) is 0 Å². The molecule has 1 heterocycles. The normalized spacial score (nSPS) is 17.4. The third-order valence-corrected chi connectivity index (χ3v) is 5.41. The fourth-order valence-corrected chi connectivity index (χ4v) is 3.83. The van der Waals surface area contributed by atoms with Crippen LogP contribution in [0.15, 0.2) is 54.1 Å². The van der Waals surface area contributed by atoms with Gasteiger partial charge in [0.15, 0.2) is 0 Å². The first-order valence-electron chi connectivity index (χ1n) is 11.4. The molecule has 3 rings (SSSR count). The number of carbonyl (C=O) groups excluding carboxylic acids is 2. The maximum atomic E-state index is 13.1. The third kappa shape index (κ3) is 5.54. The van der Waals surface area contributed by atoms with Gasteiger partial charge in [-0.05, 0) is 42.7 Å². The summed E-state index contributed by atoms with van der Waals surface area (Å²) in [5.41, 5.74) is 1.11.